The van der Waals surface area contributed by atoms with Gasteiger partial charge in [0.1, 0.15) is 19.8 Å². The van der Waals surface area contributed by atoms with Gasteiger partial charge in [0.2, 0.25) is 0 Å². The molecule has 0 spiro atoms. The van der Waals surface area contributed by atoms with Gasteiger partial charge in [-0.3, -0.25) is 14.4 Å². The summed E-state index contributed by atoms with van der Waals surface area (Å²) in [6.07, 6.45) is 21.5. The highest BCUT2D eigenvalue weighted by Gasteiger charge is 2.35. The van der Waals surface area contributed by atoms with E-state index in [1.165, 1.54) is 64.2 Å². The number of aliphatic hydroxyl groups is 1. The standard InChI is InChI=1S/C33H62O7/c1-4-7-10-13-16-19-22-25-32(37)40-29-33(26-34,27-38-30(35)23-20-17-14-11-8-5-2)28-39-31(36)24-21-18-15-12-9-6-3/h34H,4-29H2,1-3H3. The predicted molar refractivity (Wildman–Crippen MR) is 161 cm³/mol. The van der Waals surface area contributed by atoms with Crippen molar-refractivity contribution in [3.8, 4) is 0 Å². The van der Waals surface area contributed by atoms with Gasteiger partial charge in [-0.25, -0.2) is 0 Å². The van der Waals surface area contributed by atoms with Gasteiger partial charge in [-0.15, -0.1) is 0 Å². The Kier molecular flexibility index (Phi) is 26.4. The molecule has 7 heteroatoms. The van der Waals surface area contributed by atoms with Crippen LogP contribution in [0.15, 0.2) is 0 Å². The second kappa shape index (κ2) is 27.5. The molecule has 0 aliphatic heterocycles. The van der Waals surface area contributed by atoms with Crippen molar-refractivity contribution in [2.75, 3.05) is 26.4 Å². The second-order valence-corrected chi connectivity index (χ2v) is 11.5. The number of aliphatic hydroxyl groups excluding tert-OH is 1. The monoisotopic (exact) mass is 570 g/mol. The Hall–Kier alpha value is -1.63. The van der Waals surface area contributed by atoms with Crippen molar-refractivity contribution in [2.24, 2.45) is 5.41 Å². The van der Waals surface area contributed by atoms with E-state index >= 15 is 0 Å². The van der Waals surface area contributed by atoms with Crippen LogP contribution in [0.2, 0.25) is 0 Å². The van der Waals surface area contributed by atoms with Crippen molar-refractivity contribution in [3.05, 3.63) is 0 Å². The number of carbonyl (C=O) groups excluding carboxylic acids is 3. The van der Waals surface area contributed by atoms with Crippen LogP contribution in [0.3, 0.4) is 0 Å². The number of esters is 3. The minimum atomic E-state index is -1.16. The van der Waals surface area contributed by atoms with Gasteiger partial charge in [0.25, 0.3) is 0 Å². The molecule has 0 unspecified atom stereocenters. The van der Waals surface area contributed by atoms with Gasteiger partial charge < -0.3 is 19.3 Å². The average Bonchev–Trinajstić information content (AvgIpc) is 2.96. The molecule has 7 nitrogen and oxygen atoms in total. The topological polar surface area (TPSA) is 99.1 Å². The minimum Gasteiger partial charge on any atom is -0.465 e. The first-order chi connectivity index (χ1) is 19.4. The Morgan fingerprint density at radius 2 is 0.700 bits per heavy atom. The third-order valence-corrected chi connectivity index (χ3v) is 7.41. The summed E-state index contributed by atoms with van der Waals surface area (Å²) in [5.74, 6) is -1.04. The average molecular weight is 571 g/mol. The highest BCUT2D eigenvalue weighted by molar-refractivity contribution is 5.70. The fourth-order valence-corrected chi connectivity index (χ4v) is 4.50. The zero-order valence-electron chi connectivity index (χ0n) is 26.3. The molecular formula is C33H62O7. The Morgan fingerprint density at radius 3 is 0.950 bits per heavy atom. The molecule has 0 bridgehead atoms. The molecule has 0 saturated heterocycles. The van der Waals surface area contributed by atoms with Crippen LogP contribution in [0.5, 0.6) is 0 Å². The van der Waals surface area contributed by atoms with E-state index < -0.39 is 12.0 Å². The van der Waals surface area contributed by atoms with Crippen LogP contribution < -0.4 is 0 Å². The molecule has 0 atom stereocenters. The Bertz CT molecular complexity index is 588. The molecule has 0 aliphatic rings. The molecule has 0 aliphatic carbocycles. The number of rotatable bonds is 29. The largest absolute Gasteiger partial charge is 0.465 e. The number of hydrogen-bond acceptors (Lipinski definition) is 7. The van der Waals surface area contributed by atoms with Crippen molar-refractivity contribution in [3.63, 3.8) is 0 Å². The van der Waals surface area contributed by atoms with Crippen LogP contribution in [0.4, 0.5) is 0 Å². The van der Waals surface area contributed by atoms with E-state index in [9.17, 15) is 19.5 Å². The molecule has 0 saturated carbocycles. The fourth-order valence-electron chi connectivity index (χ4n) is 4.50. The molecule has 1 N–H and O–H groups in total. The maximum atomic E-state index is 12.4. The third kappa shape index (κ3) is 23.1. The van der Waals surface area contributed by atoms with E-state index in [-0.39, 0.29) is 37.7 Å². The van der Waals surface area contributed by atoms with Crippen LogP contribution in [0.25, 0.3) is 0 Å². The molecule has 236 valence electrons. The smallest absolute Gasteiger partial charge is 0.305 e. The van der Waals surface area contributed by atoms with Gasteiger partial charge in [-0.05, 0) is 19.3 Å². The van der Waals surface area contributed by atoms with Crippen LogP contribution >= 0.6 is 0 Å². The molecule has 0 aromatic rings. The first-order valence-corrected chi connectivity index (χ1v) is 16.5. The normalized spacial score (nSPS) is 11.4. The van der Waals surface area contributed by atoms with Crippen molar-refractivity contribution >= 4 is 17.9 Å². The zero-order chi connectivity index (χ0) is 29.7. The third-order valence-electron chi connectivity index (χ3n) is 7.41. The lowest BCUT2D eigenvalue weighted by atomic mass is 9.92. The SMILES string of the molecule is CCCCCCCCCC(=O)OCC(CO)(COC(=O)CCCCCCCC)COC(=O)CCCCCCCC. The maximum absolute atomic E-state index is 12.4. The van der Waals surface area contributed by atoms with E-state index in [1.807, 2.05) is 0 Å². The van der Waals surface area contributed by atoms with Gasteiger partial charge in [0, 0.05) is 19.3 Å². The molecule has 0 fully saturated rings. The molecule has 40 heavy (non-hydrogen) atoms. The Labute approximate surface area is 245 Å². The second-order valence-electron chi connectivity index (χ2n) is 11.5. The van der Waals surface area contributed by atoms with E-state index in [1.54, 1.807) is 0 Å². The summed E-state index contributed by atoms with van der Waals surface area (Å²) in [5.41, 5.74) is -1.16. The number of unbranched alkanes of at least 4 members (excludes halogenated alkanes) is 16. The maximum Gasteiger partial charge on any atom is 0.305 e. The first kappa shape index (κ1) is 38.4. The lowest BCUT2D eigenvalue weighted by Crippen LogP contribution is -2.42. The first-order valence-electron chi connectivity index (χ1n) is 16.5. The number of hydrogen-bond donors (Lipinski definition) is 1. The van der Waals surface area contributed by atoms with Crippen LogP contribution in [-0.4, -0.2) is 49.4 Å². The molecule has 0 heterocycles. The molecular weight excluding hydrogens is 508 g/mol. The summed E-state index contributed by atoms with van der Waals surface area (Å²) in [5, 5.41) is 10.3. The predicted octanol–water partition coefficient (Wildman–Crippen LogP) is 8.24. The summed E-state index contributed by atoms with van der Waals surface area (Å²) < 4.78 is 16.5. The van der Waals surface area contributed by atoms with E-state index in [0.717, 1.165) is 57.8 Å². The van der Waals surface area contributed by atoms with E-state index in [4.69, 9.17) is 14.2 Å². The molecule has 0 rings (SSSR count). The molecule has 0 aromatic heterocycles. The van der Waals surface area contributed by atoms with Crippen molar-refractivity contribution in [1.29, 1.82) is 0 Å². The summed E-state index contributed by atoms with van der Waals surface area (Å²) in [4.78, 5) is 37.1. The Balaban J connectivity index is 4.71. The molecule has 0 radical (unpaired) electrons. The summed E-state index contributed by atoms with van der Waals surface area (Å²) in [6.45, 7) is 5.63. The summed E-state index contributed by atoms with van der Waals surface area (Å²) >= 11 is 0. The van der Waals surface area contributed by atoms with Crippen LogP contribution in [0, 0.1) is 5.41 Å². The molecule has 0 amide bonds. The van der Waals surface area contributed by atoms with Gasteiger partial charge in [0.15, 0.2) is 0 Å². The van der Waals surface area contributed by atoms with Gasteiger partial charge in [-0.2, -0.15) is 0 Å². The Morgan fingerprint density at radius 1 is 0.450 bits per heavy atom. The number of ether oxygens (including phenoxy) is 3. The number of carbonyl (C=O) groups is 3. The quantitative estimate of drug-likeness (QED) is 0.0549. The zero-order valence-corrected chi connectivity index (χ0v) is 26.3. The lowest BCUT2D eigenvalue weighted by Gasteiger charge is -2.30. The van der Waals surface area contributed by atoms with E-state index in [2.05, 4.69) is 20.8 Å². The van der Waals surface area contributed by atoms with Crippen molar-refractivity contribution < 1.29 is 33.7 Å². The lowest BCUT2D eigenvalue weighted by molar-refractivity contribution is -0.165. The van der Waals surface area contributed by atoms with Gasteiger partial charge in [0.05, 0.1) is 12.0 Å². The summed E-state index contributed by atoms with van der Waals surface area (Å²) in [6, 6.07) is 0. The van der Waals surface area contributed by atoms with Crippen LogP contribution in [0.1, 0.15) is 162 Å². The van der Waals surface area contributed by atoms with Crippen LogP contribution in [-0.2, 0) is 28.6 Å². The molecule has 0 aromatic carbocycles. The fraction of sp³-hybridized carbons (Fsp3) is 0.909. The van der Waals surface area contributed by atoms with Gasteiger partial charge in [-0.1, -0.05) is 124 Å². The van der Waals surface area contributed by atoms with Gasteiger partial charge >= 0.3 is 17.9 Å². The summed E-state index contributed by atoms with van der Waals surface area (Å²) in [7, 11) is 0. The highest BCUT2D eigenvalue weighted by atomic mass is 16.6. The van der Waals surface area contributed by atoms with Crippen molar-refractivity contribution in [1.82, 2.24) is 0 Å². The van der Waals surface area contributed by atoms with Crippen molar-refractivity contribution in [2.45, 2.75) is 162 Å². The minimum absolute atomic E-state index is 0.159. The van der Waals surface area contributed by atoms with E-state index in [0.29, 0.717) is 19.3 Å². The highest BCUT2D eigenvalue weighted by Crippen LogP contribution is 2.21.